The SMILES string of the molecule is CCCCCCCC/C=C\C/C=C\CCC(=O)OCC(COC(=O)CCCCCCCCCCC)OC(=O)CCCCCCCCCCCC. The van der Waals surface area contributed by atoms with Gasteiger partial charge < -0.3 is 14.2 Å². The third-order valence-electron chi connectivity index (χ3n) is 9.22. The van der Waals surface area contributed by atoms with Crippen molar-refractivity contribution < 1.29 is 28.6 Å². The van der Waals surface area contributed by atoms with Gasteiger partial charge in [0, 0.05) is 19.3 Å². The Morgan fingerprint density at radius 2 is 0.760 bits per heavy atom. The highest BCUT2D eigenvalue weighted by molar-refractivity contribution is 5.71. The molecule has 0 rings (SSSR count). The second-order valence-electron chi connectivity index (χ2n) is 14.3. The van der Waals surface area contributed by atoms with Gasteiger partial charge in [0.05, 0.1) is 0 Å². The molecule has 0 aromatic carbocycles. The van der Waals surface area contributed by atoms with E-state index >= 15 is 0 Å². The third kappa shape index (κ3) is 37.2. The molecule has 0 aromatic rings. The fourth-order valence-corrected chi connectivity index (χ4v) is 5.96. The Bertz CT molecular complexity index is 819. The summed E-state index contributed by atoms with van der Waals surface area (Å²) >= 11 is 0. The van der Waals surface area contributed by atoms with Crippen LogP contribution >= 0.6 is 0 Å². The van der Waals surface area contributed by atoms with E-state index in [1.165, 1.54) is 122 Å². The molecule has 0 aliphatic rings. The van der Waals surface area contributed by atoms with Gasteiger partial charge in [-0.3, -0.25) is 14.4 Å². The van der Waals surface area contributed by atoms with E-state index in [1.807, 2.05) is 6.08 Å². The highest BCUT2D eigenvalue weighted by Gasteiger charge is 2.19. The van der Waals surface area contributed by atoms with Crippen molar-refractivity contribution in [1.29, 1.82) is 0 Å². The van der Waals surface area contributed by atoms with Crippen molar-refractivity contribution in [2.75, 3.05) is 13.2 Å². The first-order chi connectivity index (χ1) is 24.5. The molecule has 0 saturated heterocycles. The van der Waals surface area contributed by atoms with E-state index in [0.29, 0.717) is 19.3 Å². The predicted molar refractivity (Wildman–Crippen MR) is 210 cm³/mol. The molecule has 292 valence electrons. The molecule has 0 N–H and O–H groups in total. The Morgan fingerprint density at radius 1 is 0.400 bits per heavy atom. The number of hydrogen-bond acceptors (Lipinski definition) is 6. The van der Waals surface area contributed by atoms with Crippen LogP contribution in [0.2, 0.25) is 0 Å². The van der Waals surface area contributed by atoms with Gasteiger partial charge in [0.2, 0.25) is 0 Å². The molecule has 6 nitrogen and oxygen atoms in total. The zero-order valence-electron chi connectivity index (χ0n) is 33.2. The van der Waals surface area contributed by atoms with Gasteiger partial charge in [-0.1, -0.05) is 186 Å². The standard InChI is InChI=1S/C44H80O6/c1-4-7-10-13-16-19-21-22-23-26-28-31-34-37-43(46)49-40-41(39-48-42(45)36-33-30-27-24-18-15-12-9-6-3)50-44(47)38-35-32-29-25-20-17-14-11-8-5-2/h22-23,28,31,41H,4-21,24-27,29-30,32-40H2,1-3H3/b23-22-,31-28-. The molecule has 0 fully saturated rings. The maximum absolute atomic E-state index is 12.6. The fraction of sp³-hybridized carbons (Fsp3) is 0.841. The van der Waals surface area contributed by atoms with Gasteiger partial charge in [0.25, 0.3) is 0 Å². The molecule has 0 aliphatic heterocycles. The van der Waals surface area contributed by atoms with Crippen LogP contribution in [-0.4, -0.2) is 37.2 Å². The Balaban J connectivity index is 4.42. The normalized spacial score (nSPS) is 12.1. The third-order valence-corrected chi connectivity index (χ3v) is 9.22. The molecule has 0 heterocycles. The second-order valence-corrected chi connectivity index (χ2v) is 14.3. The molecule has 6 heteroatoms. The number of unbranched alkanes of at least 4 members (excludes halogenated alkanes) is 23. The maximum atomic E-state index is 12.6. The minimum Gasteiger partial charge on any atom is -0.462 e. The van der Waals surface area contributed by atoms with Gasteiger partial charge in [-0.15, -0.1) is 0 Å². The topological polar surface area (TPSA) is 78.9 Å². The van der Waals surface area contributed by atoms with Crippen molar-refractivity contribution in [2.45, 2.75) is 226 Å². The second kappa shape index (κ2) is 39.7. The van der Waals surface area contributed by atoms with Gasteiger partial charge in [-0.25, -0.2) is 0 Å². The lowest BCUT2D eigenvalue weighted by Crippen LogP contribution is -2.30. The van der Waals surface area contributed by atoms with Crippen LogP contribution in [0.5, 0.6) is 0 Å². The number of allylic oxidation sites excluding steroid dienone is 4. The summed E-state index contributed by atoms with van der Waals surface area (Å²) in [5.74, 6) is -0.959. The van der Waals surface area contributed by atoms with Crippen LogP contribution in [0, 0.1) is 0 Å². The Morgan fingerprint density at radius 3 is 1.22 bits per heavy atom. The summed E-state index contributed by atoms with van der Waals surface area (Å²) in [7, 11) is 0. The summed E-state index contributed by atoms with van der Waals surface area (Å²) in [6.45, 7) is 6.53. The van der Waals surface area contributed by atoms with E-state index in [9.17, 15) is 14.4 Å². The molecule has 0 amide bonds. The average Bonchev–Trinajstić information content (AvgIpc) is 3.11. The number of esters is 3. The van der Waals surface area contributed by atoms with Gasteiger partial charge >= 0.3 is 17.9 Å². The lowest BCUT2D eigenvalue weighted by Gasteiger charge is -2.18. The smallest absolute Gasteiger partial charge is 0.306 e. The van der Waals surface area contributed by atoms with Crippen molar-refractivity contribution in [3.05, 3.63) is 24.3 Å². The van der Waals surface area contributed by atoms with Crippen molar-refractivity contribution in [1.82, 2.24) is 0 Å². The van der Waals surface area contributed by atoms with Gasteiger partial charge in [0.15, 0.2) is 6.10 Å². The summed E-state index contributed by atoms with van der Waals surface area (Å²) in [6.07, 6.45) is 41.7. The Labute approximate surface area is 309 Å². The van der Waals surface area contributed by atoms with E-state index < -0.39 is 6.10 Å². The lowest BCUT2D eigenvalue weighted by molar-refractivity contribution is -0.166. The quantitative estimate of drug-likeness (QED) is 0.0275. The molecule has 1 unspecified atom stereocenters. The lowest BCUT2D eigenvalue weighted by atomic mass is 10.1. The van der Waals surface area contributed by atoms with Crippen molar-refractivity contribution >= 4 is 17.9 Å². The molecule has 0 spiro atoms. The summed E-state index contributed by atoms with van der Waals surface area (Å²) in [4.78, 5) is 37.5. The highest BCUT2D eigenvalue weighted by atomic mass is 16.6. The number of carbonyl (C=O) groups excluding carboxylic acids is 3. The van der Waals surface area contributed by atoms with Crippen LogP contribution in [0.25, 0.3) is 0 Å². The first-order valence-corrected chi connectivity index (χ1v) is 21.3. The molecule has 0 aromatic heterocycles. The summed E-state index contributed by atoms with van der Waals surface area (Å²) in [5.41, 5.74) is 0. The molecule has 0 radical (unpaired) electrons. The van der Waals surface area contributed by atoms with Crippen molar-refractivity contribution in [2.24, 2.45) is 0 Å². The zero-order valence-corrected chi connectivity index (χ0v) is 33.2. The van der Waals surface area contributed by atoms with Gasteiger partial charge in [-0.05, 0) is 38.5 Å². The number of ether oxygens (including phenoxy) is 3. The van der Waals surface area contributed by atoms with E-state index in [4.69, 9.17) is 14.2 Å². The Kier molecular flexibility index (Phi) is 38.0. The molecule has 0 bridgehead atoms. The molecule has 0 saturated carbocycles. The number of rotatable bonds is 38. The molecule has 50 heavy (non-hydrogen) atoms. The molecule has 0 aliphatic carbocycles. The van der Waals surface area contributed by atoms with Crippen LogP contribution < -0.4 is 0 Å². The minimum absolute atomic E-state index is 0.0850. The first-order valence-electron chi connectivity index (χ1n) is 21.3. The summed E-state index contributed by atoms with van der Waals surface area (Å²) < 4.78 is 16.6. The average molecular weight is 705 g/mol. The van der Waals surface area contributed by atoms with Gasteiger partial charge in [0.1, 0.15) is 13.2 Å². The molecular weight excluding hydrogens is 624 g/mol. The summed E-state index contributed by atoms with van der Waals surface area (Å²) in [5, 5.41) is 0. The van der Waals surface area contributed by atoms with E-state index in [2.05, 4.69) is 39.0 Å². The van der Waals surface area contributed by atoms with Gasteiger partial charge in [-0.2, -0.15) is 0 Å². The minimum atomic E-state index is -0.783. The number of carbonyl (C=O) groups is 3. The van der Waals surface area contributed by atoms with Crippen LogP contribution in [0.15, 0.2) is 24.3 Å². The molecular formula is C44H80O6. The zero-order chi connectivity index (χ0) is 36.6. The predicted octanol–water partition coefficient (Wildman–Crippen LogP) is 13.2. The number of hydrogen-bond donors (Lipinski definition) is 0. The van der Waals surface area contributed by atoms with Crippen molar-refractivity contribution in [3.8, 4) is 0 Å². The summed E-state index contributed by atoms with van der Waals surface area (Å²) in [6, 6.07) is 0. The van der Waals surface area contributed by atoms with E-state index in [1.54, 1.807) is 0 Å². The van der Waals surface area contributed by atoms with Crippen LogP contribution in [0.4, 0.5) is 0 Å². The maximum Gasteiger partial charge on any atom is 0.306 e. The molecule has 1 atom stereocenters. The van der Waals surface area contributed by atoms with Crippen molar-refractivity contribution in [3.63, 3.8) is 0 Å². The van der Waals surface area contributed by atoms with Crippen LogP contribution in [0.1, 0.15) is 220 Å². The van der Waals surface area contributed by atoms with Crippen LogP contribution in [0.3, 0.4) is 0 Å². The fourth-order valence-electron chi connectivity index (χ4n) is 5.96. The Hall–Kier alpha value is -2.11. The van der Waals surface area contributed by atoms with Crippen LogP contribution in [-0.2, 0) is 28.6 Å². The highest BCUT2D eigenvalue weighted by Crippen LogP contribution is 2.14. The van der Waals surface area contributed by atoms with E-state index in [-0.39, 0.29) is 37.5 Å². The largest absolute Gasteiger partial charge is 0.462 e. The monoisotopic (exact) mass is 705 g/mol. The first kappa shape index (κ1) is 47.9. The van der Waals surface area contributed by atoms with E-state index in [0.717, 1.165) is 51.4 Å².